The highest BCUT2D eigenvalue weighted by Crippen LogP contribution is 2.10. The van der Waals surface area contributed by atoms with E-state index in [2.05, 4.69) is 24.5 Å². The van der Waals surface area contributed by atoms with Crippen LogP contribution in [-0.2, 0) is 20.8 Å². The predicted octanol–water partition coefficient (Wildman–Crippen LogP) is 0.745. The first-order chi connectivity index (χ1) is 11.7. The van der Waals surface area contributed by atoms with Gasteiger partial charge in [-0.05, 0) is 44.1 Å². The van der Waals surface area contributed by atoms with Crippen LogP contribution in [0.15, 0.2) is 24.3 Å². The van der Waals surface area contributed by atoms with Crippen LogP contribution in [0.3, 0.4) is 0 Å². The maximum Gasteiger partial charge on any atom is 0.313 e. The number of nitrogens with one attached hydrogen (secondary N) is 2. The van der Waals surface area contributed by atoms with Crippen LogP contribution < -0.4 is 16.4 Å². The molecule has 7 heteroatoms. The number of nitrogens with zero attached hydrogens (tertiary/aromatic N) is 1. The third-order valence-corrected chi connectivity index (χ3v) is 3.47. The molecule has 0 aromatic heterocycles. The molecule has 25 heavy (non-hydrogen) atoms. The van der Waals surface area contributed by atoms with Crippen molar-refractivity contribution in [1.82, 2.24) is 10.2 Å². The Labute approximate surface area is 148 Å². The van der Waals surface area contributed by atoms with Crippen LogP contribution in [0.4, 0.5) is 5.69 Å². The van der Waals surface area contributed by atoms with E-state index in [-0.39, 0.29) is 12.5 Å². The maximum absolute atomic E-state index is 12.1. The number of benzene rings is 1. The van der Waals surface area contributed by atoms with Crippen LogP contribution in [-0.4, -0.2) is 49.3 Å². The molecule has 1 rings (SSSR count). The van der Waals surface area contributed by atoms with Crippen molar-refractivity contribution in [2.24, 2.45) is 11.7 Å². The highest BCUT2D eigenvalue weighted by molar-refractivity contribution is 6.39. The fraction of sp³-hybridized carbons (Fsp3) is 0.500. The summed E-state index contributed by atoms with van der Waals surface area (Å²) in [5, 5.41) is 5.34. The second-order valence-corrected chi connectivity index (χ2v) is 6.86. The standard InChI is InChI=1S/C18H28N4O3/c1-12(2)9-15(11-22(3)4)21-18(25)17(24)20-14-7-5-13(6-8-14)10-16(19)23/h5-8,12,15H,9-11H2,1-4H3,(H2,19,23)(H,20,24)(H,21,25). The van der Waals surface area contributed by atoms with E-state index in [1.807, 2.05) is 19.0 Å². The minimum absolute atomic E-state index is 0.0915. The Balaban J connectivity index is 2.62. The molecule has 0 saturated heterocycles. The number of carbonyl (C=O) groups excluding carboxylic acids is 3. The van der Waals surface area contributed by atoms with Crippen molar-refractivity contribution in [2.75, 3.05) is 26.0 Å². The molecule has 0 radical (unpaired) electrons. The summed E-state index contributed by atoms with van der Waals surface area (Å²) in [6.45, 7) is 4.81. The van der Waals surface area contributed by atoms with Crippen molar-refractivity contribution in [3.05, 3.63) is 29.8 Å². The lowest BCUT2D eigenvalue weighted by atomic mass is 10.0. The van der Waals surface area contributed by atoms with Crippen molar-refractivity contribution in [3.8, 4) is 0 Å². The fourth-order valence-corrected chi connectivity index (χ4v) is 2.53. The van der Waals surface area contributed by atoms with E-state index in [0.29, 0.717) is 18.2 Å². The van der Waals surface area contributed by atoms with Gasteiger partial charge in [-0.25, -0.2) is 0 Å². The average Bonchev–Trinajstić information content (AvgIpc) is 2.47. The zero-order chi connectivity index (χ0) is 19.0. The van der Waals surface area contributed by atoms with E-state index < -0.39 is 17.7 Å². The number of primary amides is 1. The normalized spacial score (nSPS) is 12.1. The van der Waals surface area contributed by atoms with Gasteiger partial charge >= 0.3 is 11.8 Å². The average molecular weight is 348 g/mol. The van der Waals surface area contributed by atoms with Gasteiger partial charge in [0.15, 0.2) is 0 Å². The topological polar surface area (TPSA) is 105 Å². The molecule has 0 bridgehead atoms. The number of hydrogen-bond acceptors (Lipinski definition) is 4. The number of hydrogen-bond donors (Lipinski definition) is 3. The molecule has 0 aliphatic rings. The first kappa shape index (κ1) is 20.6. The van der Waals surface area contributed by atoms with E-state index >= 15 is 0 Å². The molecule has 3 amide bonds. The highest BCUT2D eigenvalue weighted by atomic mass is 16.2. The second-order valence-electron chi connectivity index (χ2n) is 6.86. The lowest BCUT2D eigenvalue weighted by Gasteiger charge is -2.23. The van der Waals surface area contributed by atoms with Crippen molar-refractivity contribution in [3.63, 3.8) is 0 Å². The maximum atomic E-state index is 12.1. The first-order valence-electron chi connectivity index (χ1n) is 8.31. The molecule has 0 aliphatic heterocycles. The van der Waals surface area contributed by atoms with Crippen LogP contribution in [0.25, 0.3) is 0 Å². The summed E-state index contributed by atoms with van der Waals surface area (Å²) < 4.78 is 0. The number of amides is 3. The summed E-state index contributed by atoms with van der Waals surface area (Å²) in [4.78, 5) is 37.0. The molecule has 1 aromatic rings. The SMILES string of the molecule is CC(C)CC(CN(C)C)NC(=O)C(=O)Nc1ccc(CC(N)=O)cc1. The van der Waals surface area contributed by atoms with Crippen molar-refractivity contribution >= 4 is 23.4 Å². The molecule has 4 N–H and O–H groups in total. The van der Waals surface area contributed by atoms with E-state index in [0.717, 1.165) is 12.0 Å². The summed E-state index contributed by atoms with van der Waals surface area (Å²) in [6.07, 6.45) is 0.926. The van der Waals surface area contributed by atoms with E-state index in [9.17, 15) is 14.4 Å². The first-order valence-corrected chi connectivity index (χ1v) is 8.31. The molecule has 0 saturated carbocycles. The van der Waals surface area contributed by atoms with E-state index in [4.69, 9.17) is 5.73 Å². The Morgan fingerprint density at radius 1 is 1.08 bits per heavy atom. The Hall–Kier alpha value is -2.41. The lowest BCUT2D eigenvalue weighted by Crippen LogP contribution is -2.46. The van der Waals surface area contributed by atoms with Gasteiger partial charge in [-0.2, -0.15) is 0 Å². The van der Waals surface area contributed by atoms with Gasteiger partial charge in [-0.1, -0.05) is 26.0 Å². The minimum atomic E-state index is -0.713. The lowest BCUT2D eigenvalue weighted by molar-refractivity contribution is -0.136. The summed E-state index contributed by atoms with van der Waals surface area (Å²) in [7, 11) is 3.85. The summed E-state index contributed by atoms with van der Waals surface area (Å²) in [6, 6.07) is 6.55. The summed E-state index contributed by atoms with van der Waals surface area (Å²) in [5.74, 6) is -1.39. The molecule has 138 valence electrons. The van der Waals surface area contributed by atoms with Crippen molar-refractivity contribution < 1.29 is 14.4 Å². The smallest absolute Gasteiger partial charge is 0.313 e. The van der Waals surface area contributed by atoms with Crippen molar-refractivity contribution in [2.45, 2.75) is 32.7 Å². The molecule has 1 aromatic carbocycles. The predicted molar refractivity (Wildman–Crippen MR) is 97.9 cm³/mol. The Morgan fingerprint density at radius 3 is 2.16 bits per heavy atom. The van der Waals surface area contributed by atoms with E-state index in [1.165, 1.54) is 0 Å². The quantitative estimate of drug-likeness (QED) is 0.603. The summed E-state index contributed by atoms with van der Waals surface area (Å²) in [5.41, 5.74) is 6.37. The number of likely N-dealkylation sites (N-methyl/N-ethyl adjacent to an activating group) is 1. The molecule has 0 spiro atoms. The minimum Gasteiger partial charge on any atom is -0.369 e. The van der Waals surface area contributed by atoms with Crippen LogP contribution in [0, 0.1) is 5.92 Å². The van der Waals surface area contributed by atoms with Gasteiger partial charge in [-0.15, -0.1) is 0 Å². The van der Waals surface area contributed by atoms with Gasteiger partial charge in [0.2, 0.25) is 5.91 Å². The van der Waals surface area contributed by atoms with E-state index in [1.54, 1.807) is 24.3 Å². The van der Waals surface area contributed by atoms with Gasteiger partial charge in [0.05, 0.1) is 6.42 Å². The molecule has 0 aliphatic carbocycles. The van der Waals surface area contributed by atoms with Gasteiger partial charge in [-0.3, -0.25) is 14.4 Å². The molecule has 1 unspecified atom stereocenters. The fourth-order valence-electron chi connectivity index (χ4n) is 2.53. The van der Waals surface area contributed by atoms with Gasteiger partial charge in [0.1, 0.15) is 0 Å². The van der Waals surface area contributed by atoms with Gasteiger partial charge < -0.3 is 21.3 Å². The van der Waals surface area contributed by atoms with Crippen LogP contribution >= 0.6 is 0 Å². The molecule has 7 nitrogen and oxygen atoms in total. The number of rotatable bonds is 8. The highest BCUT2D eigenvalue weighted by Gasteiger charge is 2.20. The Bertz CT molecular complexity index is 587. The Kier molecular flexibility index (Phi) is 8.07. The van der Waals surface area contributed by atoms with Crippen LogP contribution in [0.2, 0.25) is 0 Å². The van der Waals surface area contributed by atoms with Crippen molar-refractivity contribution in [1.29, 1.82) is 0 Å². The van der Waals surface area contributed by atoms with Crippen LogP contribution in [0.5, 0.6) is 0 Å². The monoisotopic (exact) mass is 348 g/mol. The zero-order valence-electron chi connectivity index (χ0n) is 15.3. The number of nitrogens with two attached hydrogens (primary N) is 1. The van der Waals surface area contributed by atoms with Gasteiger partial charge in [0.25, 0.3) is 0 Å². The van der Waals surface area contributed by atoms with Gasteiger partial charge in [0, 0.05) is 18.3 Å². The number of anilines is 1. The third-order valence-electron chi connectivity index (χ3n) is 3.47. The zero-order valence-corrected chi connectivity index (χ0v) is 15.3. The largest absolute Gasteiger partial charge is 0.369 e. The number of carbonyl (C=O) groups is 3. The molecular weight excluding hydrogens is 320 g/mol. The Morgan fingerprint density at radius 2 is 1.68 bits per heavy atom. The molecular formula is C18H28N4O3. The third kappa shape index (κ3) is 8.30. The molecule has 0 heterocycles. The van der Waals surface area contributed by atoms with Crippen LogP contribution in [0.1, 0.15) is 25.8 Å². The molecule has 1 atom stereocenters. The summed E-state index contributed by atoms with van der Waals surface area (Å²) >= 11 is 0. The molecule has 0 fully saturated rings. The second kappa shape index (κ2) is 9.78.